The van der Waals surface area contributed by atoms with Gasteiger partial charge in [0.15, 0.2) is 0 Å². The first-order valence-corrected chi connectivity index (χ1v) is 17.6. The average molecular weight is 554 g/mol. The maximum atomic E-state index is 13.1. The molecule has 0 N–H and O–H groups in total. The van der Waals surface area contributed by atoms with E-state index in [1.54, 1.807) is 4.90 Å². The van der Waals surface area contributed by atoms with E-state index in [1.807, 2.05) is 6.92 Å². The number of allylic oxidation sites excluding steroid dienone is 1. The van der Waals surface area contributed by atoms with Crippen molar-refractivity contribution >= 4 is 14.2 Å². The summed E-state index contributed by atoms with van der Waals surface area (Å²) in [5.74, 6) is 2.06. The normalized spacial score (nSPS) is 24.6. The molecule has 0 unspecified atom stereocenters. The Labute approximate surface area is 240 Å². The lowest BCUT2D eigenvalue weighted by atomic mass is 9.64. The van der Waals surface area contributed by atoms with Crippen molar-refractivity contribution in [3.8, 4) is 0 Å². The van der Waals surface area contributed by atoms with Gasteiger partial charge in [-0.25, -0.2) is 4.79 Å². The average Bonchev–Trinajstić information content (AvgIpc) is 2.85. The van der Waals surface area contributed by atoms with E-state index in [0.717, 1.165) is 18.6 Å². The molecular formula is C34H55NO3Si. The Bertz CT molecular complexity index is 1000. The molecule has 1 fully saturated rings. The van der Waals surface area contributed by atoms with Gasteiger partial charge in [-0.1, -0.05) is 99.1 Å². The molecule has 1 aliphatic carbocycles. The van der Waals surface area contributed by atoms with Gasteiger partial charge in [-0.05, 0) is 71.5 Å². The maximum absolute atomic E-state index is 13.1. The van der Waals surface area contributed by atoms with Crippen LogP contribution in [0, 0.1) is 11.8 Å². The van der Waals surface area contributed by atoms with Crippen LogP contribution in [0.15, 0.2) is 53.6 Å². The van der Waals surface area contributed by atoms with Gasteiger partial charge in [-0.15, -0.1) is 0 Å². The fraction of sp³-hybridized carbons (Fsp3) is 0.676. The molecule has 1 saturated carbocycles. The molecule has 0 radical (unpaired) electrons. The van der Waals surface area contributed by atoms with Gasteiger partial charge in [0.2, 0.25) is 0 Å². The maximum Gasteiger partial charge on any atom is 0.414 e. The molecule has 1 aromatic carbocycles. The van der Waals surface area contributed by atoms with E-state index in [0.29, 0.717) is 35.1 Å². The number of hydrogen-bond acceptors (Lipinski definition) is 3. The van der Waals surface area contributed by atoms with Crippen LogP contribution in [-0.2, 0) is 14.9 Å². The predicted molar refractivity (Wildman–Crippen MR) is 166 cm³/mol. The number of carbonyl (C=O) groups is 1. The van der Waals surface area contributed by atoms with Gasteiger partial charge in [-0.2, -0.15) is 0 Å². The quantitative estimate of drug-likeness (QED) is 0.286. The molecule has 2 aliphatic rings. The van der Waals surface area contributed by atoms with Crippen molar-refractivity contribution in [2.45, 2.75) is 130 Å². The van der Waals surface area contributed by atoms with Gasteiger partial charge >= 0.3 is 6.09 Å². The van der Waals surface area contributed by atoms with Gasteiger partial charge in [-0.3, -0.25) is 4.90 Å². The minimum absolute atomic E-state index is 0.00356. The highest BCUT2D eigenvalue weighted by molar-refractivity contribution is 6.90. The Balaban J connectivity index is 2.11. The third-order valence-corrected chi connectivity index (χ3v) is 17.0. The second kappa shape index (κ2) is 12.7. The van der Waals surface area contributed by atoms with Gasteiger partial charge in [0.05, 0.1) is 12.6 Å². The van der Waals surface area contributed by atoms with Crippen molar-refractivity contribution < 1.29 is 14.3 Å². The zero-order valence-corrected chi connectivity index (χ0v) is 27.6. The fourth-order valence-corrected chi connectivity index (χ4v) is 14.8. The van der Waals surface area contributed by atoms with Gasteiger partial charge < -0.3 is 9.47 Å². The Morgan fingerprint density at radius 2 is 1.59 bits per heavy atom. The van der Waals surface area contributed by atoms with Gasteiger partial charge in [0.1, 0.15) is 19.9 Å². The molecular weight excluding hydrogens is 498 g/mol. The van der Waals surface area contributed by atoms with Crippen molar-refractivity contribution in [2.24, 2.45) is 11.8 Å². The molecule has 3 rings (SSSR count). The summed E-state index contributed by atoms with van der Waals surface area (Å²) in [6, 6.07) is 10.8. The molecule has 1 heterocycles. The summed E-state index contributed by atoms with van der Waals surface area (Å²) < 4.78 is 12.8. The first-order valence-electron chi connectivity index (χ1n) is 15.4. The third kappa shape index (κ3) is 6.18. The van der Waals surface area contributed by atoms with Crippen LogP contribution >= 0.6 is 0 Å². The Morgan fingerprint density at radius 1 is 1.00 bits per heavy atom. The molecule has 0 aromatic heterocycles. The lowest BCUT2D eigenvalue weighted by Crippen LogP contribution is -2.51. The molecule has 218 valence electrons. The summed E-state index contributed by atoms with van der Waals surface area (Å²) in [5, 5.41) is 1.28. The fourth-order valence-electron chi connectivity index (χ4n) is 8.02. The number of benzene rings is 1. The van der Waals surface area contributed by atoms with Gasteiger partial charge in [0, 0.05) is 12.1 Å². The molecule has 4 nitrogen and oxygen atoms in total. The highest BCUT2D eigenvalue weighted by Crippen LogP contribution is 2.51. The number of nitrogens with zero attached hydrogens (tertiary/aromatic N) is 1. The molecule has 0 bridgehead atoms. The largest absolute Gasteiger partial charge is 0.490 e. The van der Waals surface area contributed by atoms with E-state index in [-0.39, 0.29) is 23.7 Å². The van der Waals surface area contributed by atoms with E-state index in [4.69, 9.17) is 9.47 Å². The second-order valence-corrected chi connectivity index (χ2v) is 19.5. The van der Waals surface area contributed by atoms with Crippen LogP contribution in [0.3, 0.4) is 0 Å². The summed E-state index contributed by atoms with van der Waals surface area (Å²) in [7, 11) is -2.15. The molecule has 1 aromatic rings. The Morgan fingerprint density at radius 3 is 2.13 bits per heavy atom. The summed E-state index contributed by atoms with van der Waals surface area (Å²) in [6.07, 6.45) is 7.65. The summed E-state index contributed by atoms with van der Waals surface area (Å²) >= 11 is 0. The van der Waals surface area contributed by atoms with Crippen molar-refractivity contribution in [3.63, 3.8) is 0 Å². The Kier molecular flexibility index (Phi) is 10.2. The Hall–Kier alpha value is -2.01. The minimum atomic E-state index is -2.15. The van der Waals surface area contributed by atoms with Crippen LogP contribution in [0.4, 0.5) is 4.79 Å². The van der Waals surface area contributed by atoms with Crippen LogP contribution in [0.2, 0.25) is 16.6 Å². The molecule has 4 atom stereocenters. The van der Waals surface area contributed by atoms with Crippen LogP contribution in [-0.4, -0.2) is 37.8 Å². The van der Waals surface area contributed by atoms with Crippen molar-refractivity contribution in [1.29, 1.82) is 0 Å². The standard InChI is InChI=1S/C34H55NO3Si/c1-12-37-33(36)35-22-32(39(23(2)3,24(4)5)25(6)7)31(21-27(35)9)38-30-20-26(8)18-19-29(30)34(10,11)28-16-14-13-15-17-28/h13-17,21-27,29-30H,12,18-20H2,1-11H3/t26-,27-,29-,30-/m1/s1. The molecule has 5 heteroatoms. The van der Waals surface area contributed by atoms with Crippen molar-refractivity contribution in [1.82, 2.24) is 4.90 Å². The van der Waals surface area contributed by atoms with Crippen LogP contribution in [0.5, 0.6) is 0 Å². The van der Waals surface area contributed by atoms with E-state index in [9.17, 15) is 4.79 Å². The van der Waals surface area contributed by atoms with Crippen LogP contribution < -0.4 is 0 Å². The topological polar surface area (TPSA) is 38.8 Å². The molecule has 39 heavy (non-hydrogen) atoms. The lowest BCUT2D eigenvalue weighted by Gasteiger charge is -2.49. The minimum Gasteiger partial charge on any atom is -0.490 e. The number of hydrogen-bond donors (Lipinski definition) is 0. The van der Waals surface area contributed by atoms with E-state index in [1.165, 1.54) is 17.2 Å². The van der Waals surface area contributed by atoms with Crippen LogP contribution in [0.25, 0.3) is 0 Å². The number of amides is 1. The summed E-state index contributed by atoms with van der Waals surface area (Å²) in [4.78, 5) is 14.9. The van der Waals surface area contributed by atoms with Crippen LogP contribution in [0.1, 0.15) is 101 Å². The zero-order valence-electron chi connectivity index (χ0n) is 26.6. The monoisotopic (exact) mass is 553 g/mol. The molecule has 1 aliphatic heterocycles. The van der Waals surface area contributed by atoms with Gasteiger partial charge in [0.25, 0.3) is 0 Å². The molecule has 0 saturated heterocycles. The smallest absolute Gasteiger partial charge is 0.414 e. The second-order valence-electron chi connectivity index (χ2n) is 13.6. The van der Waals surface area contributed by atoms with Crippen molar-refractivity contribution in [2.75, 3.05) is 6.61 Å². The molecule has 1 amide bonds. The molecule has 0 spiro atoms. The number of rotatable bonds is 9. The highest BCUT2D eigenvalue weighted by atomic mass is 28.3. The summed E-state index contributed by atoms with van der Waals surface area (Å²) in [5.41, 5.74) is 2.86. The van der Waals surface area contributed by atoms with E-state index < -0.39 is 8.07 Å². The number of ether oxygens (including phenoxy) is 2. The predicted octanol–water partition coefficient (Wildman–Crippen LogP) is 9.63. The van der Waals surface area contributed by atoms with E-state index >= 15 is 0 Å². The first-order chi connectivity index (χ1) is 18.3. The zero-order chi connectivity index (χ0) is 29.1. The third-order valence-electron chi connectivity index (χ3n) is 9.95. The lowest BCUT2D eigenvalue weighted by molar-refractivity contribution is -0.00927. The number of carbonyl (C=O) groups excluding carboxylic acids is 1. The van der Waals surface area contributed by atoms with Crippen molar-refractivity contribution in [3.05, 3.63) is 59.1 Å². The SMILES string of the molecule is CCOC(=O)N1C=C([Si](C(C)C)(C(C)C)C(C)C)C(O[C@@H]2C[C@H](C)CC[C@H]2C(C)(C)c2ccccc2)=C[C@H]1C. The highest BCUT2D eigenvalue weighted by Gasteiger charge is 2.50. The van der Waals surface area contributed by atoms with E-state index in [2.05, 4.69) is 112 Å². The first kappa shape index (κ1) is 31.5. The summed E-state index contributed by atoms with van der Waals surface area (Å²) in [6.45, 7) is 25.7.